The van der Waals surface area contributed by atoms with Crippen molar-refractivity contribution in [3.63, 3.8) is 0 Å². The Morgan fingerprint density at radius 2 is 1.70 bits per heavy atom. The number of fused-ring (bicyclic) bond motifs is 5. The van der Waals surface area contributed by atoms with Gasteiger partial charge in [-0.3, -0.25) is 19.1 Å². The minimum Gasteiger partial charge on any atom is -0.489 e. The minimum absolute atomic E-state index is 0.0119. The molecule has 4 aliphatic carbocycles. The summed E-state index contributed by atoms with van der Waals surface area (Å²) in [6, 6.07) is 5.86. The van der Waals surface area contributed by atoms with Crippen molar-refractivity contribution < 1.29 is 41.8 Å². The van der Waals surface area contributed by atoms with Crippen molar-refractivity contribution in [2.24, 2.45) is 17.8 Å². The maximum Gasteiger partial charge on any atom is 0.408 e. The fraction of sp³-hybridized carbons (Fsp3) is 0.688. The van der Waals surface area contributed by atoms with Crippen LogP contribution in [0.5, 0.6) is 11.6 Å². The molecule has 4 saturated carbocycles. The van der Waals surface area contributed by atoms with Crippen LogP contribution in [0.2, 0.25) is 0 Å². The lowest BCUT2D eigenvalue weighted by atomic mass is 9.83. The number of sulfonamides is 1. The molecule has 3 N–H and O–H groups in total. The van der Waals surface area contributed by atoms with Crippen LogP contribution in [0.25, 0.3) is 10.9 Å². The Balaban J connectivity index is 1.06. The average molecular weight is 903 g/mol. The fourth-order valence-corrected chi connectivity index (χ4v) is 12.0. The number of nitrogens with one attached hydrogen (secondary N) is 3. The SMILES string of the molecule is C=C[C@@H]1C[C@]1(NC(=O)[C@@H]1C[C@@H]2CN1C(=O)[C@H](C1CCCCC1)NC(=O)O[C@@H]1C[C@H]1CCCCCc1c(nc3ccccc3c1OC1CCN(CC)CC1)O2)C(=O)NS(=O)(=O)C1(C)CC1. The number of rotatable bonds is 10. The second-order valence-corrected chi connectivity index (χ2v) is 22.1. The van der Waals surface area contributed by atoms with Gasteiger partial charge in [0.2, 0.25) is 27.7 Å². The van der Waals surface area contributed by atoms with Crippen LogP contribution in [0.1, 0.15) is 122 Å². The summed E-state index contributed by atoms with van der Waals surface area (Å²) in [5.74, 6) is -1.09. The summed E-state index contributed by atoms with van der Waals surface area (Å²) in [7, 11) is -4.01. The Bertz CT molecular complexity index is 2240. The van der Waals surface area contributed by atoms with Crippen LogP contribution < -0.4 is 24.8 Å². The molecular formula is C48H66N6O9S. The van der Waals surface area contributed by atoms with E-state index in [0.717, 1.165) is 119 Å². The van der Waals surface area contributed by atoms with Gasteiger partial charge in [-0.15, -0.1) is 6.58 Å². The zero-order chi connectivity index (χ0) is 44.8. The van der Waals surface area contributed by atoms with Gasteiger partial charge in [0, 0.05) is 30.8 Å². The molecule has 2 bridgehead atoms. The third kappa shape index (κ3) is 9.19. The van der Waals surface area contributed by atoms with Crippen molar-refractivity contribution >= 4 is 44.7 Å². The Hall–Kier alpha value is -4.44. The van der Waals surface area contributed by atoms with Crippen LogP contribution in [0, 0.1) is 17.8 Å². The van der Waals surface area contributed by atoms with E-state index in [9.17, 15) is 22.8 Å². The third-order valence-corrected chi connectivity index (χ3v) is 17.6. The predicted molar refractivity (Wildman–Crippen MR) is 240 cm³/mol. The Labute approximate surface area is 377 Å². The van der Waals surface area contributed by atoms with E-state index in [4.69, 9.17) is 19.2 Å². The highest BCUT2D eigenvalue weighted by atomic mass is 32.2. The molecule has 4 heterocycles. The first-order chi connectivity index (χ1) is 30.8. The van der Waals surface area contributed by atoms with Gasteiger partial charge in [-0.1, -0.05) is 57.2 Å². The van der Waals surface area contributed by atoms with Crippen molar-refractivity contribution in [3.8, 4) is 11.6 Å². The van der Waals surface area contributed by atoms with E-state index in [0.29, 0.717) is 25.1 Å². The van der Waals surface area contributed by atoms with Crippen molar-refractivity contribution in [2.45, 2.75) is 164 Å². The normalized spacial score (nSPS) is 31.4. The number of para-hydroxylation sites is 1. The van der Waals surface area contributed by atoms with Gasteiger partial charge in [0.25, 0.3) is 5.91 Å². The lowest BCUT2D eigenvalue weighted by Gasteiger charge is -2.34. The number of nitrogens with zero attached hydrogens (tertiary/aromatic N) is 3. The lowest BCUT2D eigenvalue weighted by molar-refractivity contribution is -0.142. The number of carbonyl (C=O) groups excluding carboxylic acids is 4. The monoisotopic (exact) mass is 902 g/mol. The van der Waals surface area contributed by atoms with E-state index < -0.39 is 68.2 Å². The summed E-state index contributed by atoms with van der Waals surface area (Å²) in [5, 5.41) is 6.80. The van der Waals surface area contributed by atoms with Crippen LogP contribution >= 0.6 is 0 Å². The molecule has 0 spiro atoms. The highest BCUT2D eigenvalue weighted by Gasteiger charge is 2.63. The fourth-order valence-electron chi connectivity index (χ4n) is 10.7. The summed E-state index contributed by atoms with van der Waals surface area (Å²) in [6.07, 6.45) is 12.4. The molecule has 1 aromatic carbocycles. The van der Waals surface area contributed by atoms with E-state index in [-0.39, 0.29) is 43.4 Å². The summed E-state index contributed by atoms with van der Waals surface area (Å²) in [4.78, 5) is 66.5. The molecule has 7 aliphatic rings. The molecule has 1 aromatic heterocycles. The second-order valence-electron chi connectivity index (χ2n) is 19.9. The van der Waals surface area contributed by atoms with E-state index in [1.807, 2.05) is 24.3 Å². The molecule has 348 valence electrons. The van der Waals surface area contributed by atoms with Gasteiger partial charge >= 0.3 is 6.09 Å². The molecule has 4 amide bonds. The van der Waals surface area contributed by atoms with Crippen LogP contribution in [-0.4, -0.2) is 114 Å². The number of hydrogen-bond acceptors (Lipinski definition) is 11. The molecule has 0 unspecified atom stereocenters. The maximum absolute atomic E-state index is 15.1. The molecule has 16 heteroatoms. The van der Waals surface area contributed by atoms with Crippen LogP contribution in [0.3, 0.4) is 0 Å². The topological polar surface area (TPSA) is 186 Å². The number of ether oxygens (including phenoxy) is 3. The zero-order valence-electron chi connectivity index (χ0n) is 37.5. The van der Waals surface area contributed by atoms with Gasteiger partial charge in [-0.05, 0) is 108 Å². The number of carbonyl (C=O) groups is 4. The molecule has 6 fully saturated rings. The first-order valence-electron chi connectivity index (χ1n) is 24.1. The van der Waals surface area contributed by atoms with Gasteiger partial charge in [0.15, 0.2) is 0 Å². The molecule has 2 saturated heterocycles. The Kier molecular flexibility index (Phi) is 12.6. The van der Waals surface area contributed by atoms with Crippen molar-refractivity contribution in [1.82, 2.24) is 30.1 Å². The molecule has 0 radical (unpaired) electrons. The van der Waals surface area contributed by atoms with Crippen molar-refractivity contribution in [3.05, 3.63) is 42.5 Å². The first-order valence-corrected chi connectivity index (χ1v) is 25.6. The Morgan fingerprint density at radius 1 is 0.984 bits per heavy atom. The van der Waals surface area contributed by atoms with E-state index in [1.54, 1.807) is 13.0 Å². The average Bonchev–Trinajstić information content (AvgIpc) is 4.25. The van der Waals surface area contributed by atoms with Gasteiger partial charge in [-0.25, -0.2) is 18.2 Å². The quantitative estimate of drug-likeness (QED) is 0.249. The summed E-state index contributed by atoms with van der Waals surface area (Å²) in [5.41, 5.74) is 0.0306. The molecule has 64 heavy (non-hydrogen) atoms. The number of pyridine rings is 1. The molecule has 2 aromatic rings. The van der Waals surface area contributed by atoms with E-state index >= 15 is 4.79 Å². The number of piperidine rings is 1. The third-order valence-electron chi connectivity index (χ3n) is 15.5. The first kappa shape index (κ1) is 44.7. The second kappa shape index (κ2) is 18.1. The van der Waals surface area contributed by atoms with Crippen LogP contribution in [-0.2, 0) is 35.6 Å². The van der Waals surface area contributed by atoms with Gasteiger partial charge in [0.05, 0.1) is 22.4 Å². The maximum atomic E-state index is 15.1. The number of likely N-dealkylation sites (tertiary alicyclic amines) is 1. The molecule has 15 nitrogen and oxygen atoms in total. The molecular weight excluding hydrogens is 837 g/mol. The van der Waals surface area contributed by atoms with Gasteiger partial charge < -0.3 is 34.6 Å². The van der Waals surface area contributed by atoms with Crippen molar-refractivity contribution in [2.75, 3.05) is 26.2 Å². The molecule has 9 rings (SSSR count). The predicted octanol–water partition coefficient (Wildman–Crippen LogP) is 5.69. The summed E-state index contributed by atoms with van der Waals surface area (Å²) in [6.45, 7) is 10.6. The van der Waals surface area contributed by atoms with Crippen LogP contribution in [0.15, 0.2) is 36.9 Å². The number of alkyl carbamates (subject to hydrolysis) is 1. The largest absolute Gasteiger partial charge is 0.489 e. The number of benzene rings is 1. The lowest BCUT2D eigenvalue weighted by Crippen LogP contribution is -2.59. The van der Waals surface area contributed by atoms with Gasteiger partial charge in [-0.2, -0.15) is 0 Å². The van der Waals surface area contributed by atoms with Crippen molar-refractivity contribution in [1.29, 1.82) is 0 Å². The van der Waals surface area contributed by atoms with E-state index in [2.05, 4.69) is 33.8 Å². The summed E-state index contributed by atoms with van der Waals surface area (Å²) < 4.78 is 47.6. The summed E-state index contributed by atoms with van der Waals surface area (Å²) >= 11 is 0. The zero-order valence-corrected chi connectivity index (χ0v) is 38.3. The van der Waals surface area contributed by atoms with Gasteiger partial charge in [0.1, 0.15) is 41.7 Å². The highest BCUT2D eigenvalue weighted by Crippen LogP contribution is 2.48. The number of aromatic nitrogens is 1. The minimum atomic E-state index is -4.01. The Morgan fingerprint density at radius 3 is 2.41 bits per heavy atom. The van der Waals surface area contributed by atoms with Crippen LogP contribution in [0.4, 0.5) is 4.79 Å². The highest BCUT2D eigenvalue weighted by molar-refractivity contribution is 7.91. The van der Waals surface area contributed by atoms with E-state index in [1.165, 1.54) is 4.90 Å². The standard InChI is InChI=1S/C48H66N6O9S/c1-4-32-28-48(32,45(57)52-64(59,60)47(3)22-23-47)51-42(55)38-27-34-29-54(38)44(56)40(30-14-8-6-9-15-30)50-46(58)63-39-26-31(39)16-10-7-11-18-36-41(61-33-20-24-53(5-2)25-21-33)35-17-12-13-19-37(35)49-43(36)62-34/h4,12-13,17,19,30-34,38-40H,1,5-11,14-16,18,20-29H2,2-3H3,(H,50,58)(H,51,55)(H,52,57)/t31-,32-,34-,38+,39-,40+,48-/m1/s1. The number of hydrogen-bond donors (Lipinski definition) is 3. The smallest absolute Gasteiger partial charge is 0.408 e. The number of amides is 4. The molecule has 7 atom stereocenters. The molecule has 3 aliphatic heterocycles.